The number of aryl methyl sites for hydroxylation is 1. The second-order valence-corrected chi connectivity index (χ2v) is 7.16. The Kier molecular flexibility index (Phi) is 4.37. The van der Waals surface area contributed by atoms with Crippen LogP contribution in [0, 0.1) is 18.8 Å². The molecule has 1 aromatic carbocycles. The Morgan fingerprint density at radius 1 is 1.35 bits per heavy atom. The average Bonchev–Trinajstić information content (AvgIpc) is 3.05. The molecule has 5 nitrogen and oxygen atoms in total. The van der Waals surface area contributed by atoms with Crippen molar-refractivity contribution in [3.05, 3.63) is 39.9 Å². The number of carbonyl (C=O) groups is 2. The molecule has 1 fully saturated rings. The minimum atomic E-state index is -0.293. The molecule has 0 radical (unpaired) electrons. The van der Waals surface area contributed by atoms with Gasteiger partial charge in [0, 0.05) is 5.92 Å². The van der Waals surface area contributed by atoms with Gasteiger partial charge in [-0.25, -0.2) is 4.98 Å². The summed E-state index contributed by atoms with van der Waals surface area (Å²) in [6, 6.07) is 5.42. The third-order valence-corrected chi connectivity index (χ3v) is 5.09. The smallest absolute Gasteiger partial charge is 0.267 e. The van der Waals surface area contributed by atoms with Gasteiger partial charge in [0.1, 0.15) is 4.88 Å². The minimum absolute atomic E-state index is 0.0271. The Balaban J connectivity index is 1.68. The fraction of sp³-hybridized carbons (Fsp3) is 0.312. The minimum Gasteiger partial charge on any atom is -0.320 e. The number of carbonyl (C=O) groups excluding carboxylic acids is 2. The first-order valence-corrected chi connectivity index (χ1v) is 8.48. The van der Waals surface area contributed by atoms with Crippen LogP contribution in [-0.4, -0.2) is 16.8 Å². The molecular weight excluding hydrogens is 334 g/mol. The van der Waals surface area contributed by atoms with E-state index in [0.29, 0.717) is 26.6 Å². The van der Waals surface area contributed by atoms with E-state index in [-0.39, 0.29) is 17.7 Å². The molecule has 2 aromatic rings. The molecule has 1 saturated carbocycles. The lowest BCUT2D eigenvalue weighted by atomic mass is 10.2. The number of nitrogens with zero attached hydrogens (tertiary/aromatic N) is 1. The quantitative estimate of drug-likeness (QED) is 0.877. The maximum Gasteiger partial charge on any atom is 0.267 e. The van der Waals surface area contributed by atoms with Gasteiger partial charge in [-0.05, 0) is 30.9 Å². The first-order valence-electron chi connectivity index (χ1n) is 7.29. The van der Waals surface area contributed by atoms with Gasteiger partial charge in [-0.3, -0.25) is 9.59 Å². The Hall–Kier alpha value is -1.92. The van der Waals surface area contributed by atoms with E-state index < -0.39 is 0 Å². The summed E-state index contributed by atoms with van der Waals surface area (Å²) in [4.78, 5) is 28.7. The van der Waals surface area contributed by atoms with Crippen molar-refractivity contribution < 1.29 is 9.59 Å². The SMILES string of the molecule is Cc1cccc(Cl)c1NC(=O)c1cnc(NC(=O)C2CC2C)s1. The highest BCUT2D eigenvalue weighted by atomic mass is 35.5. The summed E-state index contributed by atoms with van der Waals surface area (Å²) in [6.45, 7) is 3.91. The number of nitrogens with one attached hydrogen (secondary N) is 2. The zero-order valence-corrected chi connectivity index (χ0v) is 14.3. The van der Waals surface area contributed by atoms with Crippen molar-refractivity contribution in [2.75, 3.05) is 10.6 Å². The van der Waals surface area contributed by atoms with Crippen LogP contribution >= 0.6 is 22.9 Å². The number of halogens is 1. The van der Waals surface area contributed by atoms with E-state index in [4.69, 9.17) is 11.6 Å². The topological polar surface area (TPSA) is 71.1 Å². The second kappa shape index (κ2) is 6.29. The number of hydrogen-bond donors (Lipinski definition) is 2. The maximum absolute atomic E-state index is 12.3. The molecule has 0 aliphatic heterocycles. The van der Waals surface area contributed by atoms with Crippen molar-refractivity contribution in [2.24, 2.45) is 11.8 Å². The molecule has 0 spiro atoms. The summed E-state index contributed by atoms with van der Waals surface area (Å²) in [7, 11) is 0. The standard InChI is InChI=1S/C16H16ClN3O2S/c1-8-4-3-5-11(17)13(8)19-15(22)12-7-18-16(23-12)20-14(21)10-6-9(10)2/h3-5,7,9-10H,6H2,1-2H3,(H,19,22)(H,18,20,21). The summed E-state index contributed by atoms with van der Waals surface area (Å²) >= 11 is 7.26. The van der Waals surface area contributed by atoms with E-state index in [1.54, 1.807) is 6.07 Å². The number of amides is 2. The van der Waals surface area contributed by atoms with Crippen LogP contribution in [0.3, 0.4) is 0 Å². The first-order chi connectivity index (χ1) is 11.0. The monoisotopic (exact) mass is 349 g/mol. The Labute approximate surface area is 143 Å². The van der Waals surface area contributed by atoms with Crippen molar-refractivity contribution in [3.63, 3.8) is 0 Å². The Morgan fingerprint density at radius 3 is 2.74 bits per heavy atom. The van der Waals surface area contributed by atoms with Crippen LogP contribution in [0.2, 0.25) is 5.02 Å². The van der Waals surface area contributed by atoms with Crippen LogP contribution in [0.5, 0.6) is 0 Å². The molecule has 1 heterocycles. The van der Waals surface area contributed by atoms with Gasteiger partial charge in [0.25, 0.3) is 5.91 Å². The number of aromatic nitrogens is 1. The lowest BCUT2D eigenvalue weighted by Gasteiger charge is -2.08. The van der Waals surface area contributed by atoms with Crippen molar-refractivity contribution >= 4 is 45.6 Å². The number of anilines is 2. The number of rotatable bonds is 4. The van der Waals surface area contributed by atoms with Crippen LogP contribution in [0.1, 0.15) is 28.6 Å². The molecule has 7 heteroatoms. The molecule has 2 unspecified atom stereocenters. The molecule has 0 bridgehead atoms. The molecule has 1 aromatic heterocycles. The fourth-order valence-corrected chi connectivity index (χ4v) is 3.27. The van der Waals surface area contributed by atoms with E-state index >= 15 is 0 Å². The van der Waals surface area contributed by atoms with Crippen LogP contribution in [0.25, 0.3) is 0 Å². The lowest BCUT2D eigenvalue weighted by molar-refractivity contribution is -0.117. The number of benzene rings is 1. The van der Waals surface area contributed by atoms with Crippen molar-refractivity contribution in [3.8, 4) is 0 Å². The molecule has 2 amide bonds. The maximum atomic E-state index is 12.3. The predicted octanol–water partition coefficient (Wildman–Crippen LogP) is 3.95. The lowest BCUT2D eigenvalue weighted by Crippen LogP contribution is -2.14. The van der Waals surface area contributed by atoms with E-state index in [9.17, 15) is 9.59 Å². The third kappa shape index (κ3) is 3.54. The van der Waals surface area contributed by atoms with Crippen LogP contribution in [0.4, 0.5) is 10.8 Å². The summed E-state index contributed by atoms with van der Waals surface area (Å²) in [6.07, 6.45) is 2.37. The van der Waals surface area contributed by atoms with E-state index in [0.717, 1.165) is 23.3 Å². The Morgan fingerprint density at radius 2 is 2.09 bits per heavy atom. The summed E-state index contributed by atoms with van der Waals surface area (Å²) in [5.74, 6) is 0.183. The molecule has 1 aliphatic rings. The van der Waals surface area contributed by atoms with Gasteiger partial charge >= 0.3 is 0 Å². The van der Waals surface area contributed by atoms with Gasteiger partial charge in [-0.15, -0.1) is 0 Å². The fourth-order valence-electron chi connectivity index (χ4n) is 2.29. The third-order valence-electron chi connectivity index (χ3n) is 3.87. The second-order valence-electron chi connectivity index (χ2n) is 5.72. The van der Waals surface area contributed by atoms with Crippen molar-refractivity contribution in [1.82, 2.24) is 4.98 Å². The van der Waals surface area contributed by atoms with Gasteiger partial charge in [-0.1, -0.05) is 42.0 Å². The molecular formula is C16H16ClN3O2S. The highest BCUT2D eigenvalue weighted by molar-refractivity contribution is 7.17. The Bertz CT molecular complexity index is 754. The van der Waals surface area contributed by atoms with E-state index in [1.807, 2.05) is 26.0 Å². The van der Waals surface area contributed by atoms with Gasteiger partial charge in [0.05, 0.1) is 16.9 Å². The molecule has 2 N–H and O–H groups in total. The van der Waals surface area contributed by atoms with Gasteiger partial charge in [0.15, 0.2) is 5.13 Å². The number of para-hydroxylation sites is 1. The van der Waals surface area contributed by atoms with Gasteiger partial charge < -0.3 is 10.6 Å². The van der Waals surface area contributed by atoms with Gasteiger partial charge in [-0.2, -0.15) is 0 Å². The summed E-state index contributed by atoms with van der Waals surface area (Å²) in [5.41, 5.74) is 1.47. The molecule has 120 valence electrons. The van der Waals surface area contributed by atoms with E-state index in [1.165, 1.54) is 6.20 Å². The van der Waals surface area contributed by atoms with Crippen molar-refractivity contribution in [1.29, 1.82) is 0 Å². The highest BCUT2D eigenvalue weighted by Crippen LogP contribution is 2.38. The number of thiazole rings is 1. The molecule has 1 aliphatic carbocycles. The van der Waals surface area contributed by atoms with Crippen LogP contribution < -0.4 is 10.6 Å². The number of hydrogen-bond acceptors (Lipinski definition) is 4. The predicted molar refractivity (Wildman–Crippen MR) is 92.2 cm³/mol. The molecule has 2 atom stereocenters. The normalized spacial score (nSPS) is 19.3. The van der Waals surface area contributed by atoms with Crippen molar-refractivity contribution in [2.45, 2.75) is 20.3 Å². The molecule has 23 heavy (non-hydrogen) atoms. The van der Waals surface area contributed by atoms with Gasteiger partial charge in [0.2, 0.25) is 5.91 Å². The highest BCUT2D eigenvalue weighted by Gasteiger charge is 2.39. The largest absolute Gasteiger partial charge is 0.320 e. The summed E-state index contributed by atoms with van der Waals surface area (Å²) < 4.78 is 0. The zero-order valence-electron chi connectivity index (χ0n) is 12.7. The zero-order chi connectivity index (χ0) is 16.6. The van der Waals surface area contributed by atoms with Crippen LogP contribution in [0.15, 0.2) is 24.4 Å². The van der Waals surface area contributed by atoms with E-state index in [2.05, 4.69) is 15.6 Å². The molecule has 0 saturated heterocycles. The van der Waals surface area contributed by atoms with Crippen LogP contribution in [-0.2, 0) is 4.79 Å². The average molecular weight is 350 g/mol. The molecule has 3 rings (SSSR count). The summed E-state index contributed by atoms with van der Waals surface area (Å²) in [5, 5.41) is 6.47. The first kappa shape index (κ1) is 16.0.